The normalized spacial score (nSPS) is 12.5. The van der Waals surface area contributed by atoms with Gasteiger partial charge in [-0.15, -0.1) is 0 Å². The molecule has 0 aliphatic heterocycles. The predicted molar refractivity (Wildman–Crippen MR) is 57.8 cm³/mol. The molecule has 82 valence electrons. The molecular weight excluding hydrogens is 194 g/mol. The van der Waals surface area contributed by atoms with Crippen LogP contribution < -0.4 is 0 Å². The van der Waals surface area contributed by atoms with Crippen LogP contribution in [0.15, 0.2) is 18.2 Å². The van der Waals surface area contributed by atoms with E-state index in [0.29, 0.717) is 12.0 Å². The standard InChI is InChI=1S/C11H15NO3/c1-8-3-4-10(5-9(2)7-13)11(6-8)12(14)15/h3-4,6,9,13H,5,7H2,1-2H3. The van der Waals surface area contributed by atoms with Crippen molar-refractivity contribution in [3.8, 4) is 0 Å². The van der Waals surface area contributed by atoms with Gasteiger partial charge in [-0.3, -0.25) is 10.1 Å². The molecule has 0 fully saturated rings. The monoisotopic (exact) mass is 209 g/mol. The molecule has 0 spiro atoms. The Morgan fingerprint density at radius 2 is 2.20 bits per heavy atom. The van der Waals surface area contributed by atoms with Crippen LogP contribution in [0.4, 0.5) is 5.69 Å². The number of hydrogen-bond donors (Lipinski definition) is 1. The van der Waals surface area contributed by atoms with Crippen LogP contribution >= 0.6 is 0 Å². The first kappa shape index (κ1) is 11.7. The number of aliphatic hydroxyl groups is 1. The van der Waals surface area contributed by atoms with Gasteiger partial charge >= 0.3 is 0 Å². The Morgan fingerprint density at radius 3 is 2.73 bits per heavy atom. The molecule has 0 aliphatic rings. The highest BCUT2D eigenvalue weighted by molar-refractivity contribution is 5.43. The summed E-state index contributed by atoms with van der Waals surface area (Å²) in [6.07, 6.45) is 0.535. The SMILES string of the molecule is Cc1ccc(CC(C)CO)c([N+](=O)[O-])c1. The summed E-state index contributed by atoms with van der Waals surface area (Å²) < 4.78 is 0. The third kappa shape index (κ3) is 3.02. The van der Waals surface area contributed by atoms with Gasteiger partial charge < -0.3 is 5.11 Å². The lowest BCUT2D eigenvalue weighted by atomic mass is 9.99. The molecule has 1 aromatic rings. The first-order valence-electron chi connectivity index (χ1n) is 4.89. The fourth-order valence-electron chi connectivity index (χ4n) is 1.46. The number of nitro groups is 1. The molecule has 15 heavy (non-hydrogen) atoms. The van der Waals surface area contributed by atoms with Gasteiger partial charge in [-0.2, -0.15) is 0 Å². The van der Waals surface area contributed by atoms with Gasteiger partial charge in [-0.05, 0) is 24.8 Å². The molecule has 1 aromatic carbocycles. The van der Waals surface area contributed by atoms with E-state index < -0.39 is 0 Å². The number of nitro benzene ring substituents is 1. The van der Waals surface area contributed by atoms with Crippen molar-refractivity contribution in [3.63, 3.8) is 0 Å². The maximum Gasteiger partial charge on any atom is 0.272 e. The Bertz CT molecular complexity index is 363. The van der Waals surface area contributed by atoms with Gasteiger partial charge in [-0.25, -0.2) is 0 Å². The zero-order valence-corrected chi connectivity index (χ0v) is 8.93. The molecule has 0 bridgehead atoms. The molecule has 0 saturated carbocycles. The van der Waals surface area contributed by atoms with Gasteiger partial charge in [0, 0.05) is 18.2 Å². The third-order valence-electron chi connectivity index (χ3n) is 2.32. The molecule has 4 nitrogen and oxygen atoms in total. The van der Waals surface area contributed by atoms with E-state index in [1.807, 2.05) is 19.9 Å². The van der Waals surface area contributed by atoms with Crippen LogP contribution in [-0.2, 0) is 6.42 Å². The van der Waals surface area contributed by atoms with Crippen LogP contribution in [0.25, 0.3) is 0 Å². The van der Waals surface area contributed by atoms with Crippen molar-refractivity contribution >= 4 is 5.69 Å². The second-order valence-electron chi connectivity index (χ2n) is 3.88. The Balaban J connectivity index is 3.01. The average molecular weight is 209 g/mol. The molecule has 0 aliphatic carbocycles. The summed E-state index contributed by atoms with van der Waals surface area (Å²) in [5, 5.41) is 19.7. The van der Waals surface area contributed by atoms with E-state index in [1.54, 1.807) is 12.1 Å². The highest BCUT2D eigenvalue weighted by Gasteiger charge is 2.15. The zero-order chi connectivity index (χ0) is 11.4. The molecule has 1 N–H and O–H groups in total. The molecule has 0 saturated heterocycles. The molecule has 1 unspecified atom stereocenters. The van der Waals surface area contributed by atoms with E-state index in [-0.39, 0.29) is 23.1 Å². The van der Waals surface area contributed by atoms with E-state index in [2.05, 4.69) is 0 Å². The van der Waals surface area contributed by atoms with Crippen molar-refractivity contribution < 1.29 is 10.0 Å². The predicted octanol–water partition coefficient (Wildman–Crippen LogP) is 2.07. The van der Waals surface area contributed by atoms with Crippen LogP contribution in [-0.4, -0.2) is 16.6 Å². The minimum atomic E-state index is -0.369. The maximum atomic E-state index is 10.8. The van der Waals surface area contributed by atoms with Crippen molar-refractivity contribution in [1.29, 1.82) is 0 Å². The van der Waals surface area contributed by atoms with E-state index in [9.17, 15) is 10.1 Å². The lowest BCUT2D eigenvalue weighted by Crippen LogP contribution is -2.06. The van der Waals surface area contributed by atoms with Crippen molar-refractivity contribution in [2.45, 2.75) is 20.3 Å². The minimum absolute atomic E-state index is 0.0467. The molecule has 4 heteroatoms. The highest BCUT2D eigenvalue weighted by atomic mass is 16.6. The third-order valence-corrected chi connectivity index (χ3v) is 2.32. The maximum absolute atomic E-state index is 10.8. The lowest BCUT2D eigenvalue weighted by Gasteiger charge is -2.08. The quantitative estimate of drug-likeness (QED) is 0.610. The Kier molecular flexibility index (Phi) is 3.80. The molecule has 0 heterocycles. The van der Waals surface area contributed by atoms with Crippen molar-refractivity contribution in [1.82, 2.24) is 0 Å². The van der Waals surface area contributed by atoms with E-state index >= 15 is 0 Å². The summed E-state index contributed by atoms with van der Waals surface area (Å²) in [7, 11) is 0. The molecule has 0 radical (unpaired) electrons. The van der Waals surface area contributed by atoms with Crippen molar-refractivity contribution in [3.05, 3.63) is 39.4 Å². The van der Waals surface area contributed by atoms with Gasteiger partial charge in [0.25, 0.3) is 5.69 Å². The Labute approximate surface area is 88.7 Å². The average Bonchev–Trinajstić information content (AvgIpc) is 2.20. The minimum Gasteiger partial charge on any atom is -0.396 e. The van der Waals surface area contributed by atoms with Gasteiger partial charge in [0.2, 0.25) is 0 Å². The van der Waals surface area contributed by atoms with Crippen LogP contribution in [0.3, 0.4) is 0 Å². The second kappa shape index (κ2) is 4.89. The van der Waals surface area contributed by atoms with E-state index in [4.69, 9.17) is 5.11 Å². The highest BCUT2D eigenvalue weighted by Crippen LogP contribution is 2.22. The summed E-state index contributed by atoms with van der Waals surface area (Å²) in [5.41, 5.74) is 1.71. The van der Waals surface area contributed by atoms with Gasteiger partial charge in [0.05, 0.1) is 4.92 Å². The van der Waals surface area contributed by atoms with Gasteiger partial charge in [0.1, 0.15) is 0 Å². The molecule has 1 atom stereocenters. The summed E-state index contributed by atoms with van der Waals surface area (Å²) in [6, 6.07) is 5.19. The summed E-state index contributed by atoms with van der Waals surface area (Å²) in [4.78, 5) is 10.4. The van der Waals surface area contributed by atoms with E-state index in [1.165, 1.54) is 0 Å². The Hall–Kier alpha value is -1.42. The first-order valence-corrected chi connectivity index (χ1v) is 4.89. The molecule has 1 rings (SSSR count). The number of benzene rings is 1. The summed E-state index contributed by atoms with van der Waals surface area (Å²) in [6.45, 7) is 3.74. The first-order chi connectivity index (χ1) is 7.04. The van der Waals surface area contributed by atoms with Gasteiger partial charge in [-0.1, -0.05) is 19.1 Å². The zero-order valence-electron chi connectivity index (χ0n) is 8.93. The molecule has 0 aromatic heterocycles. The van der Waals surface area contributed by atoms with Crippen LogP contribution in [0.5, 0.6) is 0 Å². The smallest absolute Gasteiger partial charge is 0.272 e. The summed E-state index contributed by atoms with van der Waals surface area (Å²) >= 11 is 0. The van der Waals surface area contributed by atoms with Crippen molar-refractivity contribution in [2.75, 3.05) is 6.61 Å². The second-order valence-corrected chi connectivity index (χ2v) is 3.88. The molecule has 0 amide bonds. The fourth-order valence-corrected chi connectivity index (χ4v) is 1.46. The Morgan fingerprint density at radius 1 is 1.53 bits per heavy atom. The number of rotatable bonds is 4. The summed E-state index contributed by atoms with van der Waals surface area (Å²) in [5.74, 6) is 0.0476. The van der Waals surface area contributed by atoms with Crippen LogP contribution in [0, 0.1) is 23.0 Å². The number of hydrogen-bond acceptors (Lipinski definition) is 3. The number of nitrogens with zero attached hydrogens (tertiary/aromatic N) is 1. The van der Waals surface area contributed by atoms with Gasteiger partial charge in [0.15, 0.2) is 0 Å². The van der Waals surface area contributed by atoms with Crippen LogP contribution in [0.2, 0.25) is 0 Å². The topological polar surface area (TPSA) is 63.4 Å². The van der Waals surface area contributed by atoms with Crippen molar-refractivity contribution in [2.24, 2.45) is 5.92 Å². The number of aryl methyl sites for hydroxylation is 1. The fraction of sp³-hybridized carbons (Fsp3) is 0.455. The molecular formula is C11H15NO3. The van der Waals surface area contributed by atoms with E-state index in [0.717, 1.165) is 5.56 Å². The largest absolute Gasteiger partial charge is 0.396 e. The number of aliphatic hydroxyl groups excluding tert-OH is 1. The lowest BCUT2D eigenvalue weighted by molar-refractivity contribution is -0.385. The van der Waals surface area contributed by atoms with Crippen LogP contribution in [0.1, 0.15) is 18.1 Å².